The van der Waals surface area contributed by atoms with Crippen LogP contribution < -0.4 is 0 Å². The average Bonchev–Trinajstić information content (AvgIpc) is 2.14. The number of aliphatic hydroxyl groups excluding tert-OH is 1. The van der Waals surface area contributed by atoms with Gasteiger partial charge in [-0.15, -0.1) is 0 Å². The highest BCUT2D eigenvalue weighted by molar-refractivity contribution is 9.10. The van der Waals surface area contributed by atoms with Gasteiger partial charge < -0.3 is 9.84 Å². The molecular weight excluding hydrogens is 232 g/mol. The van der Waals surface area contributed by atoms with E-state index in [2.05, 4.69) is 15.9 Å². The van der Waals surface area contributed by atoms with Gasteiger partial charge in [0, 0.05) is 11.1 Å². The molecule has 0 saturated heterocycles. The summed E-state index contributed by atoms with van der Waals surface area (Å²) in [6.07, 6.45) is -0.530. The lowest BCUT2D eigenvalue weighted by Gasteiger charge is -2.10. The van der Waals surface area contributed by atoms with E-state index in [1.54, 1.807) is 0 Å². The Bertz CT molecular complexity index is 263. The summed E-state index contributed by atoms with van der Waals surface area (Å²) < 4.78 is 6.10. The molecule has 1 atom stereocenters. The number of benzene rings is 1. The molecule has 1 N–H and O–H groups in total. The predicted octanol–water partition coefficient (Wildman–Crippen LogP) is 2.52. The molecule has 0 fully saturated rings. The third-order valence-electron chi connectivity index (χ3n) is 1.71. The highest BCUT2D eigenvalue weighted by atomic mass is 79.9. The van der Waals surface area contributed by atoms with Crippen molar-refractivity contribution >= 4 is 15.9 Å². The Hall–Kier alpha value is -0.380. The molecule has 0 aliphatic carbocycles. The lowest BCUT2D eigenvalue weighted by Crippen LogP contribution is -2.06. The van der Waals surface area contributed by atoms with E-state index < -0.39 is 6.10 Å². The van der Waals surface area contributed by atoms with Gasteiger partial charge in [0.25, 0.3) is 0 Å². The molecule has 1 aromatic rings. The fraction of sp³-hybridized carbons (Fsp3) is 0.400. The normalized spacial score (nSPS) is 12.8. The molecule has 2 nitrogen and oxygen atoms in total. The lowest BCUT2D eigenvalue weighted by atomic mass is 10.1. The quantitative estimate of drug-likeness (QED) is 0.883. The first-order valence-corrected chi connectivity index (χ1v) is 5.04. The van der Waals surface area contributed by atoms with E-state index in [4.69, 9.17) is 4.74 Å². The number of ether oxygens (including phenoxy) is 1. The summed E-state index contributed by atoms with van der Waals surface area (Å²) in [5.41, 5.74) is 0.878. The van der Waals surface area contributed by atoms with E-state index >= 15 is 0 Å². The van der Waals surface area contributed by atoms with Crippen molar-refractivity contribution in [3.05, 3.63) is 34.3 Å². The predicted molar refractivity (Wildman–Crippen MR) is 55.6 cm³/mol. The Morgan fingerprint density at radius 2 is 2.31 bits per heavy atom. The van der Waals surface area contributed by atoms with Gasteiger partial charge in [0.05, 0.1) is 6.61 Å². The van der Waals surface area contributed by atoms with Crippen LogP contribution in [0.3, 0.4) is 0 Å². The van der Waals surface area contributed by atoms with Crippen LogP contribution in [0, 0.1) is 0 Å². The van der Waals surface area contributed by atoms with Crippen molar-refractivity contribution < 1.29 is 9.84 Å². The number of hydrogen-bond donors (Lipinski definition) is 1. The molecular formula is C10H13BrO2. The number of hydrogen-bond acceptors (Lipinski definition) is 2. The number of aliphatic hydroxyl groups is 1. The first-order chi connectivity index (χ1) is 6.24. The van der Waals surface area contributed by atoms with Crippen LogP contribution in [0.5, 0.6) is 0 Å². The fourth-order valence-electron chi connectivity index (χ4n) is 1.04. The monoisotopic (exact) mass is 244 g/mol. The zero-order valence-electron chi connectivity index (χ0n) is 7.53. The summed E-state index contributed by atoms with van der Waals surface area (Å²) in [7, 11) is 0. The second-order valence-electron chi connectivity index (χ2n) is 2.73. The zero-order chi connectivity index (χ0) is 9.68. The van der Waals surface area contributed by atoms with Gasteiger partial charge in [-0.3, -0.25) is 0 Å². The van der Waals surface area contributed by atoms with Gasteiger partial charge in [-0.25, -0.2) is 0 Å². The summed E-state index contributed by atoms with van der Waals surface area (Å²) in [4.78, 5) is 0. The topological polar surface area (TPSA) is 29.5 Å². The van der Waals surface area contributed by atoms with Gasteiger partial charge in [-0.1, -0.05) is 28.1 Å². The third kappa shape index (κ3) is 3.46. The highest BCUT2D eigenvalue weighted by Crippen LogP contribution is 2.18. The highest BCUT2D eigenvalue weighted by Gasteiger charge is 2.06. The zero-order valence-corrected chi connectivity index (χ0v) is 9.12. The molecule has 0 aliphatic rings. The molecule has 3 heteroatoms. The van der Waals surface area contributed by atoms with Crippen LogP contribution in [0.2, 0.25) is 0 Å². The minimum absolute atomic E-state index is 0.354. The first-order valence-electron chi connectivity index (χ1n) is 4.25. The largest absolute Gasteiger partial charge is 0.386 e. The maximum absolute atomic E-state index is 9.63. The van der Waals surface area contributed by atoms with E-state index in [0.717, 1.165) is 10.0 Å². The number of halogens is 1. The summed E-state index contributed by atoms with van der Waals surface area (Å²) in [6, 6.07) is 7.60. The minimum Gasteiger partial charge on any atom is -0.386 e. The van der Waals surface area contributed by atoms with Crippen LogP contribution in [0.25, 0.3) is 0 Å². The molecule has 72 valence electrons. The molecule has 0 heterocycles. The van der Waals surface area contributed by atoms with E-state index in [0.29, 0.717) is 13.2 Å². The Labute approximate surface area is 86.7 Å². The van der Waals surface area contributed by atoms with Crippen molar-refractivity contribution in [1.29, 1.82) is 0 Å². The molecule has 1 aromatic carbocycles. The molecule has 0 saturated carbocycles. The summed E-state index contributed by atoms with van der Waals surface area (Å²) in [5.74, 6) is 0. The number of rotatable bonds is 4. The maximum atomic E-state index is 9.63. The van der Waals surface area contributed by atoms with Crippen LogP contribution in [0.1, 0.15) is 18.6 Å². The van der Waals surface area contributed by atoms with Gasteiger partial charge in [0.15, 0.2) is 0 Å². The SMILES string of the molecule is CCOCC(O)c1cccc(Br)c1. The Morgan fingerprint density at radius 3 is 2.92 bits per heavy atom. The molecule has 13 heavy (non-hydrogen) atoms. The smallest absolute Gasteiger partial charge is 0.102 e. The summed E-state index contributed by atoms with van der Waals surface area (Å²) >= 11 is 3.35. The van der Waals surface area contributed by atoms with Gasteiger partial charge in [-0.2, -0.15) is 0 Å². The van der Waals surface area contributed by atoms with Gasteiger partial charge in [0.1, 0.15) is 6.10 Å². The Kier molecular flexibility index (Phi) is 4.42. The second kappa shape index (κ2) is 5.37. The Balaban J connectivity index is 2.60. The van der Waals surface area contributed by atoms with E-state index in [-0.39, 0.29) is 0 Å². The van der Waals surface area contributed by atoms with Crippen LogP contribution >= 0.6 is 15.9 Å². The van der Waals surface area contributed by atoms with Crippen molar-refractivity contribution in [2.75, 3.05) is 13.2 Å². The average molecular weight is 245 g/mol. The third-order valence-corrected chi connectivity index (χ3v) is 2.21. The van der Waals surface area contributed by atoms with Gasteiger partial charge in [0.2, 0.25) is 0 Å². The second-order valence-corrected chi connectivity index (χ2v) is 3.65. The van der Waals surface area contributed by atoms with Gasteiger partial charge in [-0.05, 0) is 24.6 Å². The van der Waals surface area contributed by atoms with Crippen molar-refractivity contribution in [2.45, 2.75) is 13.0 Å². The molecule has 0 aromatic heterocycles. The van der Waals surface area contributed by atoms with Crippen LogP contribution in [0.4, 0.5) is 0 Å². The fourth-order valence-corrected chi connectivity index (χ4v) is 1.46. The molecule has 0 spiro atoms. The minimum atomic E-state index is -0.530. The molecule has 0 bridgehead atoms. The van der Waals surface area contributed by atoms with Crippen molar-refractivity contribution in [3.63, 3.8) is 0 Å². The van der Waals surface area contributed by atoms with E-state index in [1.807, 2.05) is 31.2 Å². The van der Waals surface area contributed by atoms with Crippen molar-refractivity contribution in [1.82, 2.24) is 0 Å². The maximum Gasteiger partial charge on any atom is 0.102 e. The molecule has 0 aliphatic heterocycles. The van der Waals surface area contributed by atoms with Crippen molar-refractivity contribution in [3.8, 4) is 0 Å². The van der Waals surface area contributed by atoms with Gasteiger partial charge >= 0.3 is 0 Å². The van der Waals surface area contributed by atoms with Crippen molar-refractivity contribution in [2.24, 2.45) is 0 Å². The van der Waals surface area contributed by atoms with Crippen LogP contribution in [-0.2, 0) is 4.74 Å². The lowest BCUT2D eigenvalue weighted by molar-refractivity contribution is 0.0420. The van der Waals surface area contributed by atoms with E-state index in [1.165, 1.54) is 0 Å². The molecule has 0 amide bonds. The summed E-state index contributed by atoms with van der Waals surface area (Å²) in [5, 5.41) is 9.63. The Morgan fingerprint density at radius 1 is 1.54 bits per heavy atom. The van der Waals surface area contributed by atoms with E-state index in [9.17, 15) is 5.11 Å². The standard InChI is InChI=1S/C10H13BrO2/c1-2-13-7-10(12)8-4-3-5-9(11)6-8/h3-6,10,12H,2,7H2,1H3. The molecule has 0 radical (unpaired) electrons. The first kappa shape index (κ1) is 10.7. The summed E-state index contributed by atoms with van der Waals surface area (Å²) in [6.45, 7) is 2.89. The molecule has 1 rings (SSSR count). The molecule has 1 unspecified atom stereocenters. The van der Waals surface area contributed by atoms with Crippen LogP contribution in [-0.4, -0.2) is 18.3 Å². The van der Waals surface area contributed by atoms with Crippen LogP contribution in [0.15, 0.2) is 28.7 Å².